The third-order valence-electron chi connectivity index (χ3n) is 2.54. The zero-order valence-electron chi connectivity index (χ0n) is 10.3. The average Bonchev–Trinajstić information content (AvgIpc) is 2.25. The summed E-state index contributed by atoms with van der Waals surface area (Å²) in [4.78, 5) is 10.6. The van der Waals surface area contributed by atoms with E-state index in [1.54, 1.807) is 6.92 Å². The average molecular weight is 232 g/mol. The van der Waals surface area contributed by atoms with Crippen LogP contribution in [0.5, 0.6) is 0 Å². The van der Waals surface area contributed by atoms with Gasteiger partial charge >= 0.3 is 5.97 Å². The Morgan fingerprint density at radius 2 is 1.88 bits per heavy atom. The predicted molar refractivity (Wildman–Crippen MR) is 62.4 cm³/mol. The molecule has 0 aliphatic rings. The standard InChI is InChI=1S/C12H24O4/c1-3-5-7-10(13)8-6-9-16-11(4-2)12(14)15/h10-11,13H,3-9H2,1-2H3,(H,14,15). The van der Waals surface area contributed by atoms with Crippen molar-refractivity contribution in [1.29, 1.82) is 0 Å². The van der Waals surface area contributed by atoms with Crippen molar-refractivity contribution in [3.63, 3.8) is 0 Å². The van der Waals surface area contributed by atoms with E-state index in [0.29, 0.717) is 25.9 Å². The van der Waals surface area contributed by atoms with E-state index in [4.69, 9.17) is 9.84 Å². The molecular weight excluding hydrogens is 208 g/mol. The van der Waals surface area contributed by atoms with Crippen LogP contribution >= 0.6 is 0 Å². The number of hydrogen-bond acceptors (Lipinski definition) is 3. The van der Waals surface area contributed by atoms with Gasteiger partial charge in [0.25, 0.3) is 0 Å². The Balaban J connectivity index is 3.47. The summed E-state index contributed by atoms with van der Waals surface area (Å²) in [5, 5.41) is 18.3. The lowest BCUT2D eigenvalue weighted by Crippen LogP contribution is -2.23. The van der Waals surface area contributed by atoms with Crippen molar-refractivity contribution >= 4 is 5.97 Å². The Morgan fingerprint density at radius 1 is 1.25 bits per heavy atom. The fourth-order valence-corrected chi connectivity index (χ4v) is 1.49. The van der Waals surface area contributed by atoms with Gasteiger partial charge in [-0.25, -0.2) is 4.79 Å². The van der Waals surface area contributed by atoms with E-state index >= 15 is 0 Å². The Hall–Kier alpha value is -0.610. The molecule has 0 amide bonds. The minimum atomic E-state index is -0.908. The molecule has 0 rings (SSSR count). The van der Waals surface area contributed by atoms with Crippen LogP contribution in [0.25, 0.3) is 0 Å². The molecule has 2 unspecified atom stereocenters. The van der Waals surface area contributed by atoms with E-state index < -0.39 is 12.1 Å². The third-order valence-corrected chi connectivity index (χ3v) is 2.54. The first-order valence-electron chi connectivity index (χ1n) is 6.14. The molecule has 0 aliphatic heterocycles. The highest BCUT2D eigenvalue weighted by Gasteiger charge is 2.14. The van der Waals surface area contributed by atoms with E-state index in [0.717, 1.165) is 19.3 Å². The maximum Gasteiger partial charge on any atom is 0.332 e. The first-order chi connectivity index (χ1) is 7.61. The van der Waals surface area contributed by atoms with Gasteiger partial charge in [0, 0.05) is 6.61 Å². The molecule has 0 fully saturated rings. The summed E-state index contributed by atoms with van der Waals surface area (Å²) in [5.74, 6) is -0.908. The highest BCUT2D eigenvalue weighted by atomic mass is 16.5. The van der Waals surface area contributed by atoms with Crippen LogP contribution in [0, 0.1) is 0 Å². The molecule has 96 valence electrons. The molecule has 0 saturated carbocycles. The second kappa shape index (κ2) is 9.60. The second-order valence-corrected chi connectivity index (χ2v) is 4.04. The molecule has 0 aromatic rings. The summed E-state index contributed by atoms with van der Waals surface area (Å²) in [7, 11) is 0. The smallest absolute Gasteiger partial charge is 0.332 e. The largest absolute Gasteiger partial charge is 0.479 e. The molecule has 4 nitrogen and oxygen atoms in total. The quantitative estimate of drug-likeness (QED) is 0.567. The van der Waals surface area contributed by atoms with E-state index in [9.17, 15) is 9.90 Å². The Bertz CT molecular complexity index is 182. The van der Waals surface area contributed by atoms with Gasteiger partial charge in [-0.15, -0.1) is 0 Å². The summed E-state index contributed by atoms with van der Waals surface area (Å²) < 4.78 is 5.20. The van der Waals surface area contributed by atoms with Gasteiger partial charge in [0.15, 0.2) is 6.10 Å². The SMILES string of the molecule is CCCCC(O)CCCOC(CC)C(=O)O. The first kappa shape index (κ1) is 15.4. The molecule has 0 bridgehead atoms. The number of aliphatic hydroxyl groups excluding tert-OH is 1. The summed E-state index contributed by atoms with van der Waals surface area (Å²) >= 11 is 0. The van der Waals surface area contributed by atoms with Gasteiger partial charge in [0.05, 0.1) is 6.10 Å². The number of ether oxygens (including phenoxy) is 1. The molecule has 2 N–H and O–H groups in total. The maximum atomic E-state index is 10.6. The van der Waals surface area contributed by atoms with Crippen LogP contribution < -0.4 is 0 Å². The lowest BCUT2D eigenvalue weighted by molar-refractivity contribution is -0.150. The summed E-state index contributed by atoms with van der Waals surface area (Å²) in [6.07, 6.45) is 3.87. The van der Waals surface area contributed by atoms with Gasteiger partial charge in [0.1, 0.15) is 0 Å². The van der Waals surface area contributed by atoms with Crippen molar-refractivity contribution in [1.82, 2.24) is 0 Å². The van der Waals surface area contributed by atoms with Crippen molar-refractivity contribution in [2.45, 2.75) is 64.6 Å². The van der Waals surface area contributed by atoms with Gasteiger partial charge in [0.2, 0.25) is 0 Å². The Morgan fingerprint density at radius 3 is 2.38 bits per heavy atom. The molecule has 0 aromatic carbocycles. The number of carbonyl (C=O) groups is 1. The number of carboxylic acids is 1. The molecule has 4 heteroatoms. The van der Waals surface area contributed by atoms with Crippen LogP contribution in [-0.2, 0) is 9.53 Å². The topological polar surface area (TPSA) is 66.8 Å². The van der Waals surface area contributed by atoms with Crippen LogP contribution in [0.1, 0.15) is 52.4 Å². The third kappa shape index (κ3) is 7.65. The normalized spacial score (nSPS) is 14.7. The highest BCUT2D eigenvalue weighted by molar-refractivity contribution is 5.72. The molecular formula is C12H24O4. The number of unbranched alkanes of at least 4 members (excludes halogenated alkanes) is 1. The maximum absolute atomic E-state index is 10.6. The van der Waals surface area contributed by atoms with Gasteiger partial charge in [-0.3, -0.25) is 0 Å². The van der Waals surface area contributed by atoms with Crippen molar-refractivity contribution in [2.24, 2.45) is 0 Å². The van der Waals surface area contributed by atoms with Crippen LogP contribution in [0.3, 0.4) is 0 Å². The second-order valence-electron chi connectivity index (χ2n) is 4.04. The minimum absolute atomic E-state index is 0.270. The molecule has 0 heterocycles. The lowest BCUT2D eigenvalue weighted by atomic mass is 10.1. The number of carboxylic acid groups (broad SMARTS) is 1. The molecule has 0 aliphatic carbocycles. The summed E-state index contributed by atoms with van der Waals surface area (Å²) in [5.41, 5.74) is 0. The van der Waals surface area contributed by atoms with E-state index in [2.05, 4.69) is 6.92 Å². The van der Waals surface area contributed by atoms with Crippen LogP contribution in [0.15, 0.2) is 0 Å². The number of rotatable bonds is 10. The molecule has 0 spiro atoms. The van der Waals surface area contributed by atoms with Crippen molar-refractivity contribution < 1.29 is 19.7 Å². The first-order valence-corrected chi connectivity index (χ1v) is 6.14. The molecule has 0 radical (unpaired) electrons. The summed E-state index contributed by atoms with van der Waals surface area (Å²) in [6, 6.07) is 0. The van der Waals surface area contributed by atoms with Crippen LogP contribution in [0.2, 0.25) is 0 Å². The minimum Gasteiger partial charge on any atom is -0.479 e. The fraction of sp³-hybridized carbons (Fsp3) is 0.917. The van der Waals surface area contributed by atoms with Crippen LogP contribution in [-0.4, -0.2) is 35.0 Å². The van der Waals surface area contributed by atoms with E-state index in [-0.39, 0.29) is 6.10 Å². The highest BCUT2D eigenvalue weighted by Crippen LogP contribution is 2.07. The Kier molecular flexibility index (Phi) is 9.24. The van der Waals surface area contributed by atoms with E-state index in [1.165, 1.54) is 0 Å². The number of aliphatic carboxylic acids is 1. The summed E-state index contributed by atoms with van der Waals surface area (Å²) in [6.45, 7) is 4.29. The van der Waals surface area contributed by atoms with Crippen LogP contribution in [0.4, 0.5) is 0 Å². The number of aliphatic hydroxyl groups is 1. The zero-order valence-corrected chi connectivity index (χ0v) is 10.3. The van der Waals surface area contributed by atoms with Gasteiger partial charge in [-0.05, 0) is 25.7 Å². The monoisotopic (exact) mass is 232 g/mol. The van der Waals surface area contributed by atoms with E-state index in [1.807, 2.05) is 0 Å². The van der Waals surface area contributed by atoms with Gasteiger partial charge in [-0.2, -0.15) is 0 Å². The van der Waals surface area contributed by atoms with Gasteiger partial charge < -0.3 is 14.9 Å². The molecule has 0 saturated heterocycles. The molecule has 0 aromatic heterocycles. The number of hydrogen-bond donors (Lipinski definition) is 2. The fourth-order valence-electron chi connectivity index (χ4n) is 1.49. The Labute approximate surface area is 97.6 Å². The predicted octanol–water partition coefficient (Wildman–Crippen LogP) is 2.20. The zero-order chi connectivity index (χ0) is 12.4. The lowest BCUT2D eigenvalue weighted by Gasteiger charge is -2.13. The molecule has 2 atom stereocenters. The van der Waals surface area contributed by atoms with Crippen molar-refractivity contribution in [2.75, 3.05) is 6.61 Å². The van der Waals surface area contributed by atoms with Gasteiger partial charge in [-0.1, -0.05) is 26.7 Å². The van der Waals surface area contributed by atoms with Crippen molar-refractivity contribution in [3.05, 3.63) is 0 Å². The molecule has 16 heavy (non-hydrogen) atoms. The van der Waals surface area contributed by atoms with Crippen molar-refractivity contribution in [3.8, 4) is 0 Å².